The Morgan fingerprint density at radius 3 is 2.56 bits per heavy atom. The van der Waals surface area contributed by atoms with E-state index in [1.807, 2.05) is 37.3 Å². The van der Waals surface area contributed by atoms with Crippen LogP contribution < -0.4 is 10.1 Å². The zero-order chi connectivity index (χ0) is 19.2. The van der Waals surface area contributed by atoms with Crippen LogP contribution in [0.4, 0.5) is 5.69 Å². The smallest absolute Gasteiger partial charge is 0.255 e. The summed E-state index contributed by atoms with van der Waals surface area (Å²) in [4.78, 5) is 12.5. The van der Waals surface area contributed by atoms with E-state index in [4.69, 9.17) is 16.3 Å². The number of ether oxygens (including phenoxy) is 1. The summed E-state index contributed by atoms with van der Waals surface area (Å²) in [6.45, 7) is 2.48. The van der Waals surface area contributed by atoms with Gasteiger partial charge in [-0.25, -0.2) is 0 Å². The predicted octanol–water partition coefficient (Wildman–Crippen LogP) is 6.28. The van der Waals surface area contributed by atoms with Gasteiger partial charge in [0, 0.05) is 22.7 Å². The van der Waals surface area contributed by atoms with Gasteiger partial charge in [0.15, 0.2) is 0 Å². The topological polar surface area (TPSA) is 38.3 Å². The molecule has 0 heterocycles. The van der Waals surface area contributed by atoms with Crippen molar-refractivity contribution in [3.63, 3.8) is 0 Å². The Balaban J connectivity index is 1.61. The molecule has 0 aliphatic carbocycles. The Hall–Kier alpha value is -2.30. The number of halogens is 2. The number of aryl methyl sites for hydroxylation is 1. The molecule has 0 atom stereocenters. The molecule has 138 valence electrons. The third-order valence-electron chi connectivity index (χ3n) is 4.11. The minimum Gasteiger partial charge on any atom is -0.492 e. The van der Waals surface area contributed by atoms with E-state index >= 15 is 0 Å². The summed E-state index contributed by atoms with van der Waals surface area (Å²) in [5, 5.41) is 3.47. The average molecular weight is 445 g/mol. The molecule has 0 aliphatic heterocycles. The molecule has 3 rings (SSSR count). The molecule has 0 radical (unpaired) electrons. The molecule has 3 nitrogen and oxygen atoms in total. The molecule has 0 unspecified atom stereocenters. The number of carbonyl (C=O) groups is 1. The van der Waals surface area contributed by atoms with Crippen molar-refractivity contribution < 1.29 is 9.53 Å². The second-order valence-electron chi connectivity index (χ2n) is 6.15. The van der Waals surface area contributed by atoms with Gasteiger partial charge in [-0.1, -0.05) is 48.0 Å². The highest BCUT2D eigenvalue weighted by Gasteiger charge is 2.10. The van der Waals surface area contributed by atoms with Crippen molar-refractivity contribution in [2.45, 2.75) is 13.3 Å². The maximum atomic E-state index is 12.5. The summed E-state index contributed by atoms with van der Waals surface area (Å²) in [5.74, 6) is 0.507. The number of nitrogens with one attached hydrogen (secondary N) is 1. The van der Waals surface area contributed by atoms with Crippen LogP contribution in [0.5, 0.6) is 5.75 Å². The van der Waals surface area contributed by atoms with Gasteiger partial charge in [0.25, 0.3) is 5.91 Å². The third-order valence-corrected chi connectivity index (χ3v) is 5.14. The lowest BCUT2D eigenvalue weighted by Gasteiger charge is -2.11. The first kappa shape index (κ1) is 19.5. The molecule has 0 aromatic heterocycles. The maximum Gasteiger partial charge on any atom is 0.255 e. The Morgan fingerprint density at radius 1 is 1.07 bits per heavy atom. The normalized spacial score (nSPS) is 10.5. The van der Waals surface area contributed by atoms with Gasteiger partial charge in [-0.3, -0.25) is 4.79 Å². The molecule has 1 amide bonds. The van der Waals surface area contributed by atoms with Crippen LogP contribution in [-0.2, 0) is 6.42 Å². The number of rotatable bonds is 6. The summed E-state index contributed by atoms with van der Waals surface area (Å²) in [6.07, 6.45) is 0.823. The fourth-order valence-electron chi connectivity index (χ4n) is 2.56. The van der Waals surface area contributed by atoms with Gasteiger partial charge in [-0.05, 0) is 64.3 Å². The molecular weight excluding hydrogens is 426 g/mol. The number of hydrogen-bond donors (Lipinski definition) is 1. The standard InChI is InChI=1S/C22H19BrClNO2/c1-15-7-9-18(14-20(15)24)25-22(26)17-8-10-21(19(23)13-17)27-12-11-16-5-3-2-4-6-16/h2-10,13-14H,11-12H2,1H3,(H,25,26). The maximum absolute atomic E-state index is 12.5. The number of hydrogen-bond acceptors (Lipinski definition) is 2. The molecule has 27 heavy (non-hydrogen) atoms. The van der Waals surface area contributed by atoms with E-state index in [9.17, 15) is 4.79 Å². The summed E-state index contributed by atoms with van der Waals surface area (Å²) >= 11 is 9.59. The Kier molecular flexibility index (Phi) is 6.54. The highest BCUT2D eigenvalue weighted by molar-refractivity contribution is 9.10. The molecule has 0 saturated heterocycles. The van der Waals surface area contributed by atoms with Gasteiger partial charge >= 0.3 is 0 Å². The zero-order valence-electron chi connectivity index (χ0n) is 14.8. The Labute approximate surface area is 172 Å². The van der Waals surface area contributed by atoms with E-state index in [1.54, 1.807) is 24.3 Å². The first-order valence-electron chi connectivity index (χ1n) is 8.57. The lowest BCUT2D eigenvalue weighted by molar-refractivity contribution is 0.102. The van der Waals surface area contributed by atoms with Crippen molar-refractivity contribution >= 4 is 39.1 Å². The van der Waals surface area contributed by atoms with E-state index < -0.39 is 0 Å². The van der Waals surface area contributed by atoms with Crippen molar-refractivity contribution in [3.05, 3.63) is 92.9 Å². The first-order chi connectivity index (χ1) is 13.0. The number of carbonyl (C=O) groups excluding carboxylic acids is 1. The van der Waals surface area contributed by atoms with E-state index in [2.05, 4.69) is 33.4 Å². The second kappa shape index (κ2) is 9.07. The minimum atomic E-state index is -0.202. The lowest BCUT2D eigenvalue weighted by Crippen LogP contribution is -2.12. The lowest BCUT2D eigenvalue weighted by atomic mass is 10.1. The molecule has 0 fully saturated rings. The van der Waals surface area contributed by atoms with Gasteiger partial charge in [0.05, 0.1) is 11.1 Å². The zero-order valence-corrected chi connectivity index (χ0v) is 17.2. The van der Waals surface area contributed by atoms with Crippen molar-refractivity contribution in [1.29, 1.82) is 0 Å². The summed E-state index contributed by atoms with van der Waals surface area (Å²) in [5.41, 5.74) is 3.39. The van der Waals surface area contributed by atoms with Crippen molar-refractivity contribution in [1.82, 2.24) is 0 Å². The van der Waals surface area contributed by atoms with Gasteiger partial charge in [0.2, 0.25) is 0 Å². The van der Waals surface area contributed by atoms with Crippen LogP contribution in [-0.4, -0.2) is 12.5 Å². The van der Waals surface area contributed by atoms with Crippen molar-refractivity contribution in [2.75, 3.05) is 11.9 Å². The quantitative estimate of drug-likeness (QED) is 0.485. The molecule has 0 spiro atoms. The summed E-state index contributed by atoms with van der Waals surface area (Å²) in [6, 6.07) is 20.9. The third kappa shape index (κ3) is 5.34. The molecule has 0 saturated carbocycles. The van der Waals surface area contributed by atoms with E-state index in [-0.39, 0.29) is 5.91 Å². The number of benzene rings is 3. The Morgan fingerprint density at radius 2 is 1.85 bits per heavy atom. The first-order valence-corrected chi connectivity index (χ1v) is 9.74. The molecule has 3 aromatic carbocycles. The molecule has 0 bridgehead atoms. The van der Waals surface area contributed by atoms with Crippen molar-refractivity contribution in [3.8, 4) is 5.75 Å². The van der Waals surface area contributed by atoms with Crippen LogP contribution in [0.3, 0.4) is 0 Å². The van der Waals surface area contributed by atoms with E-state index in [0.29, 0.717) is 28.6 Å². The van der Waals surface area contributed by atoms with E-state index in [0.717, 1.165) is 16.5 Å². The predicted molar refractivity (Wildman–Crippen MR) is 114 cm³/mol. The fraction of sp³-hybridized carbons (Fsp3) is 0.136. The van der Waals surface area contributed by atoms with Gasteiger partial charge < -0.3 is 10.1 Å². The summed E-state index contributed by atoms with van der Waals surface area (Å²) < 4.78 is 6.57. The molecule has 5 heteroatoms. The second-order valence-corrected chi connectivity index (χ2v) is 7.41. The minimum absolute atomic E-state index is 0.202. The number of anilines is 1. The molecular formula is C22H19BrClNO2. The van der Waals surface area contributed by atoms with Crippen molar-refractivity contribution in [2.24, 2.45) is 0 Å². The fourth-order valence-corrected chi connectivity index (χ4v) is 3.23. The highest BCUT2D eigenvalue weighted by atomic mass is 79.9. The van der Waals surface area contributed by atoms with Gasteiger partial charge in [0.1, 0.15) is 5.75 Å². The van der Waals surface area contributed by atoms with Crippen LogP contribution in [0.25, 0.3) is 0 Å². The van der Waals surface area contributed by atoms with Crippen LogP contribution >= 0.6 is 27.5 Å². The molecule has 1 N–H and O–H groups in total. The van der Waals surface area contributed by atoms with Crippen LogP contribution in [0.1, 0.15) is 21.5 Å². The monoisotopic (exact) mass is 443 g/mol. The average Bonchev–Trinajstić information content (AvgIpc) is 2.67. The summed E-state index contributed by atoms with van der Waals surface area (Å²) in [7, 11) is 0. The Bertz CT molecular complexity index is 944. The number of amides is 1. The highest BCUT2D eigenvalue weighted by Crippen LogP contribution is 2.27. The van der Waals surface area contributed by atoms with Crippen LogP contribution in [0, 0.1) is 6.92 Å². The largest absolute Gasteiger partial charge is 0.492 e. The SMILES string of the molecule is Cc1ccc(NC(=O)c2ccc(OCCc3ccccc3)c(Br)c2)cc1Cl. The van der Waals surface area contributed by atoms with Crippen LogP contribution in [0.2, 0.25) is 5.02 Å². The van der Waals surface area contributed by atoms with Gasteiger partial charge in [-0.2, -0.15) is 0 Å². The van der Waals surface area contributed by atoms with E-state index in [1.165, 1.54) is 5.56 Å². The molecule has 0 aliphatic rings. The molecule has 3 aromatic rings. The van der Waals surface area contributed by atoms with Crippen LogP contribution in [0.15, 0.2) is 71.2 Å². The van der Waals surface area contributed by atoms with Gasteiger partial charge in [-0.15, -0.1) is 0 Å².